The lowest BCUT2D eigenvalue weighted by Crippen LogP contribution is -2.46. The van der Waals surface area contributed by atoms with Crippen LogP contribution in [-0.4, -0.2) is 56.6 Å². The summed E-state index contributed by atoms with van der Waals surface area (Å²) < 4.78 is 5.71. The number of likely N-dealkylation sites (tertiary alicyclic amines) is 1. The van der Waals surface area contributed by atoms with Crippen molar-refractivity contribution in [2.24, 2.45) is 10.9 Å². The number of halogens is 2. The number of hydrogen-bond acceptors (Lipinski definition) is 3. The summed E-state index contributed by atoms with van der Waals surface area (Å²) >= 11 is 5.98. The third-order valence-corrected chi connectivity index (χ3v) is 4.89. The van der Waals surface area contributed by atoms with Gasteiger partial charge in [-0.1, -0.05) is 23.7 Å². The molecule has 8 heteroatoms. The largest absolute Gasteiger partial charge is 0.375 e. The number of carbonyl (C=O) groups is 1. The molecule has 0 radical (unpaired) electrons. The molecule has 1 fully saturated rings. The van der Waals surface area contributed by atoms with Gasteiger partial charge in [0.15, 0.2) is 5.96 Å². The van der Waals surface area contributed by atoms with E-state index in [9.17, 15) is 4.79 Å². The van der Waals surface area contributed by atoms with Crippen LogP contribution >= 0.6 is 35.6 Å². The van der Waals surface area contributed by atoms with Gasteiger partial charge in [0.05, 0.1) is 19.8 Å². The van der Waals surface area contributed by atoms with Crippen molar-refractivity contribution < 1.29 is 9.53 Å². The highest BCUT2D eigenvalue weighted by atomic mass is 127. The summed E-state index contributed by atoms with van der Waals surface area (Å²) in [5.41, 5.74) is 1.07. The van der Waals surface area contributed by atoms with E-state index in [0.717, 1.165) is 49.0 Å². The number of ether oxygens (including phenoxy) is 1. The van der Waals surface area contributed by atoms with Crippen LogP contribution in [0.15, 0.2) is 29.3 Å². The summed E-state index contributed by atoms with van der Waals surface area (Å²) in [6, 6.07) is 7.70. The maximum atomic E-state index is 11.5. The van der Waals surface area contributed by atoms with Crippen molar-refractivity contribution in [2.45, 2.75) is 32.8 Å². The zero-order valence-electron chi connectivity index (χ0n) is 16.7. The standard InChI is InChI=1S/C20H31ClN4O2.HI/c1-3-23-20(25-10-7-16(8-11-25)14-19(26)22-2)24-9-12-27-15-17-5-4-6-18(21)13-17;/h4-6,13,16H,3,7-12,14-15H2,1-2H3,(H,22,26)(H,23,24);1H. The van der Waals surface area contributed by atoms with E-state index >= 15 is 0 Å². The molecular formula is C20H32ClIN4O2. The zero-order chi connectivity index (χ0) is 19.5. The first-order valence-electron chi connectivity index (χ1n) is 9.68. The lowest BCUT2D eigenvalue weighted by molar-refractivity contribution is -0.121. The van der Waals surface area contributed by atoms with E-state index in [2.05, 4.69) is 27.4 Å². The normalized spacial score (nSPS) is 15.1. The highest BCUT2D eigenvalue weighted by molar-refractivity contribution is 14.0. The molecule has 0 aliphatic carbocycles. The first-order valence-corrected chi connectivity index (χ1v) is 10.1. The minimum Gasteiger partial charge on any atom is -0.375 e. The van der Waals surface area contributed by atoms with Gasteiger partial charge in [0.25, 0.3) is 0 Å². The van der Waals surface area contributed by atoms with Gasteiger partial charge >= 0.3 is 0 Å². The molecular weight excluding hydrogens is 491 g/mol. The molecule has 0 spiro atoms. The Morgan fingerprint density at radius 1 is 1.36 bits per heavy atom. The van der Waals surface area contributed by atoms with Gasteiger partial charge in [0.1, 0.15) is 0 Å². The average Bonchev–Trinajstić information content (AvgIpc) is 2.67. The van der Waals surface area contributed by atoms with Gasteiger partial charge in [-0.15, -0.1) is 24.0 Å². The Hall–Kier alpha value is -1.06. The molecule has 6 nitrogen and oxygen atoms in total. The van der Waals surface area contributed by atoms with Crippen molar-refractivity contribution in [3.63, 3.8) is 0 Å². The van der Waals surface area contributed by atoms with Crippen molar-refractivity contribution in [1.82, 2.24) is 15.5 Å². The fourth-order valence-corrected chi connectivity index (χ4v) is 3.38. The number of piperidine rings is 1. The Bertz CT molecular complexity index is 622. The van der Waals surface area contributed by atoms with Crippen molar-refractivity contribution in [3.05, 3.63) is 34.9 Å². The van der Waals surface area contributed by atoms with Gasteiger partial charge in [-0.2, -0.15) is 0 Å². The van der Waals surface area contributed by atoms with E-state index in [1.165, 1.54) is 0 Å². The summed E-state index contributed by atoms with van der Waals surface area (Å²) in [6.07, 6.45) is 2.65. The number of aliphatic imine (C=N–C) groups is 1. The molecule has 1 heterocycles. The second kappa shape index (κ2) is 14.0. The van der Waals surface area contributed by atoms with Crippen molar-refractivity contribution >= 4 is 47.4 Å². The van der Waals surface area contributed by atoms with Crippen LogP contribution in [0.3, 0.4) is 0 Å². The lowest BCUT2D eigenvalue weighted by atomic mass is 9.93. The number of rotatable bonds is 8. The fourth-order valence-electron chi connectivity index (χ4n) is 3.17. The molecule has 1 aromatic carbocycles. The second-order valence-corrected chi connectivity index (χ2v) is 7.16. The molecule has 2 rings (SSSR count). The number of benzene rings is 1. The molecule has 0 atom stereocenters. The Kier molecular flexibility index (Phi) is 12.5. The number of carbonyl (C=O) groups excluding carboxylic acids is 1. The molecule has 1 amide bonds. The Labute approximate surface area is 190 Å². The predicted molar refractivity (Wildman–Crippen MR) is 125 cm³/mol. The third kappa shape index (κ3) is 8.96. The molecule has 1 aromatic rings. The predicted octanol–water partition coefficient (Wildman–Crippen LogP) is 3.29. The summed E-state index contributed by atoms with van der Waals surface area (Å²) in [5.74, 6) is 1.53. The SMILES string of the molecule is CCNC(=NCCOCc1cccc(Cl)c1)N1CCC(CC(=O)NC)CC1.I. The van der Waals surface area contributed by atoms with Gasteiger partial charge in [-0.25, -0.2) is 0 Å². The molecule has 28 heavy (non-hydrogen) atoms. The smallest absolute Gasteiger partial charge is 0.220 e. The monoisotopic (exact) mass is 522 g/mol. The van der Waals surface area contributed by atoms with Crippen LogP contribution in [-0.2, 0) is 16.1 Å². The Balaban J connectivity index is 0.00000392. The summed E-state index contributed by atoms with van der Waals surface area (Å²) in [6.45, 7) is 6.48. The van der Waals surface area contributed by atoms with Crippen molar-refractivity contribution in [1.29, 1.82) is 0 Å². The van der Waals surface area contributed by atoms with Crippen molar-refractivity contribution in [3.8, 4) is 0 Å². The summed E-state index contributed by atoms with van der Waals surface area (Å²) in [7, 11) is 1.70. The van der Waals surface area contributed by atoms with Gasteiger partial charge in [0, 0.05) is 38.1 Å². The number of guanidine groups is 1. The van der Waals surface area contributed by atoms with Gasteiger partial charge < -0.3 is 20.3 Å². The Morgan fingerprint density at radius 2 is 2.11 bits per heavy atom. The number of nitrogens with one attached hydrogen (secondary N) is 2. The highest BCUT2D eigenvalue weighted by Crippen LogP contribution is 2.20. The molecule has 0 aromatic heterocycles. The number of hydrogen-bond donors (Lipinski definition) is 2. The first-order chi connectivity index (χ1) is 13.1. The second-order valence-electron chi connectivity index (χ2n) is 6.73. The molecule has 2 N–H and O–H groups in total. The first kappa shape index (κ1) is 25.0. The summed E-state index contributed by atoms with van der Waals surface area (Å²) in [5, 5.41) is 6.80. The zero-order valence-corrected chi connectivity index (χ0v) is 19.8. The van der Waals surface area contributed by atoms with E-state index < -0.39 is 0 Å². The van der Waals surface area contributed by atoms with Gasteiger partial charge in [-0.3, -0.25) is 9.79 Å². The Morgan fingerprint density at radius 3 is 2.75 bits per heavy atom. The highest BCUT2D eigenvalue weighted by Gasteiger charge is 2.22. The summed E-state index contributed by atoms with van der Waals surface area (Å²) in [4.78, 5) is 18.5. The van der Waals surface area contributed by atoms with Crippen LogP contribution < -0.4 is 10.6 Å². The lowest BCUT2D eigenvalue weighted by Gasteiger charge is -2.34. The third-order valence-electron chi connectivity index (χ3n) is 4.66. The van der Waals surface area contributed by atoms with Crippen LogP contribution in [0.4, 0.5) is 0 Å². The fraction of sp³-hybridized carbons (Fsp3) is 0.600. The topological polar surface area (TPSA) is 66.0 Å². The van der Waals surface area contributed by atoms with Gasteiger partial charge in [-0.05, 0) is 43.4 Å². The van der Waals surface area contributed by atoms with Crippen LogP contribution in [0.25, 0.3) is 0 Å². The van der Waals surface area contributed by atoms with E-state index in [1.807, 2.05) is 24.3 Å². The maximum absolute atomic E-state index is 11.5. The molecule has 1 saturated heterocycles. The van der Waals surface area contributed by atoms with E-state index in [-0.39, 0.29) is 29.9 Å². The quantitative estimate of drug-likeness (QED) is 0.238. The molecule has 1 aliphatic heterocycles. The number of nitrogens with zero attached hydrogens (tertiary/aromatic N) is 2. The molecule has 158 valence electrons. The molecule has 1 aliphatic rings. The minimum absolute atomic E-state index is 0. The molecule has 0 bridgehead atoms. The van der Waals surface area contributed by atoms with Crippen LogP contribution in [0.2, 0.25) is 5.02 Å². The minimum atomic E-state index is 0. The average molecular weight is 523 g/mol. The van der Waals surface area contributed by atoms with Crippen LogP contribution in [0.5, 0.6) is 0 Å². The van der Waals surface area contributed by atoms with Crippen LogP contribution in [0.1, 0.15) is 31.7 Å². The van der Waals surface area contributed by atoms with E-state index in [1.54, 1.807) is 7.05 Å². The van der Waals surface area contributed by atoms with Crippen molar-refractivity contribution in [2.75, 3.05) is 39.8 Å². The van der Waals surface area contributed by atoms with E-state index in [4.69, 9.17) is 16.3 Å². The number of amides is 1. The van der Waals surface area contributed by atoms with Gasteiger partial charge in [0.2, 0.25) is 5.91 Å². The van der Waals surface area contributed by atoms with E-state index in [0.29, 0.717) is 32.1 Å². The molecule has 0 saturated carbocycles. The maximum Gasteiger partial charge on any atom is 0.220 e. The van der Waals surface area contributed by atoms with Crippen LogP contribution in [0, 0.1) is 5.92 Å². The molecule has 0 unspecified atom stereocenters.